The Bertz CT molecular complexity index is 768. The van der Waals surface area contributed by atoms with Crippen LogP contribution in [-0.4, -0.2) is 56.5 Å². The summed E-state index contributed by atoms with van der Waals surface area (Å²) in [6.07, 6.45) is 0.604. The SMILES string of the molecule is COCc1nc2c(o1)CCN(S(=O)(=O)C1CCS(=O)(=O)C1)C2. The zero-order valence-electron chi connectivity index (χ0n) is 12.2. The van der Waals surface area contributed by atoms with Gasteiger partial charge in [0.15, 0.2) is 9.84 Å². The van der Waals surface area contributed by atoms with Gasteiger partial charge in [-0.2, -0.15) is 4.31 Å². The van der Waals surface area contributed by atoms with Gasteiger partial charge in [0, 0.05) is 20.1 Å². The normalized spacial score (nSPS) is 25.2. The molecule has 1 saturated heterocycles. The van der Waals surface area contributed by atoms with E-state index in [1.807, 2.05) is 0 Å². The Kier molecular flexibility index (Phi) is 4.04. The minimum absolute atomic E-state index is 0.0576. The van der Waals surface area contributed by atoms with E-state index in [1.165, 1.54) is 11.4 Å². The van der Waals surface area contributed by atoms with Gasteiger partial charge in [0.2, 0.25) is 15.9 Å². The van der Waals surface area contributed by atoms with E-state index in [4.69, 9.17) is 9.15 Å². The van der Waals surface area contributed by atoms with E-state index in [0.717, 1.165) is 0 Å². The van der Waals surface area contributed by atoms with Crippen LogP contribution in [0.1, 0.15) is 23.8 Å². The molecule has 10 heteroatoms. The van der Waals surface area contributed by atoms with Crippen molar-refractivity contribution in [1.82, 2.24) is 9.29 Å². The summed E-state index contributed by atoms with van der Waals surface area (Å²) in [6, 6.07) is 0. The molecular weight excluding hydrogens is 332 g/mol. The molecule has 1 atom stereocenters. The number of ether oxygens (including phenoxy) is 1. The van der Waals surface area contributed by atoms with Crippen LogP contribution in [0.3, 0.4) is 0 Å². The van der Waals surface area contributed by atoms with E-state index in [0.29, 0.717) is 23.8 Å². The number of methoxy groups -OCH3 is 1. The van der Waals surface area contributed by atoms with Gasteiger partial charge in [0.25, 0.3) is 0 Å². The lowest BCUT2D eigenvalue weighted by molar-refractivity contribution is 0.158. The molecule has 0 bridgehead atoms. The molecule has 8 nitrogen and oxygen atoms in total. The van der Waals surface area contributed by atoms with Crippen LogP contribution in [0.25, 0.3) is 0 Å². The molecule has 2 aliphatic rings. The maximum absolute atomic E-state index is 12.6. The van der Waals surface area contributed by atoms with E-state index < -0.39 is 25.1 Å². The van der Waals surface area contributed by atoms with Gasteiger partial charge in [0.05, 0.1) is 29.0 Å². The minimum Gasteiger partial charge on any atom is -0.443 e. The molecule has 22 heavy (non-hydrogen) atoms. The summed E-state index contributed by atoms with van der Waals surface area (Å²) < 4.78 is 60.0. The van der Waals surface area contributed by atoms with Crippen molar-refractivity contribution in [3.05, 3.63) is 17.3 Å². The van der Waals surface area contributed by atoms with Crippen molar-refractivity contribution in [2.75, 3.05) is 25.2 Å². The molecule has 3 rings (SSSR count). The first-order valence-corrected chi connectivity index (χ1v) is 10.3. The van der Waals surface area contributed by atoms with Gasteiger partial charge in [-0.05, 0) is 6.42 Å². The lowest BCUT2D eigenvalue weighted by Crippen LogP contribution is -2.42. The highest BCUT2D eigenvalue weighted by Gasteiger charge is 2.42. The van der Waals surface area contributed by atoms with Crippen LogP contribution in [0.15, 0.2) is 4.42 Å². The molecule has 0 aromatic carbocycles. The third-order valence-corrected chi connectivity index (χ3v) is 8.23. The Morgan fingerprint density at radius 2 is 2.23 bits per heavy atom. The largest absolute Gasteiger partial charge is 0.443 e. The Hall–Kier alpha value is -0.970. The van der Waals surface area contributed by atoms with Crippen LogP contribution in [0.2, 0.25) is 0 Å². The van der Waals surface area contributed by atoms with Gasteiger partial charge in [-0.15, -0.1) is 0 Å². The summed E-state index contributed by atoms with van der Waals surface area (Å²) in [5.74, 6) is 0.761. The fraction of sp³-hybridized carbons (Fsp3) is 0.750. The van der Waals surface area contributed by atoms with Crippen LogP contribution in [0.4, 0.5) is 0 Å². The Morgan fingerprint density at radius 3 is 2.86 bits per heavy atom. The van der Waals surface area contributed by atoms with Crippen molar-refractivity contribution in [3.63, 3.8) is 0 Å². The molecule has 0 spiro atoms. The number of nitrogens with zero attached hydrogens (tertiary/aromatic N) is 2. The average molecular weight is 350 g/mol. The first kappa shape index (κ1) is 15.9. The number of rotatable bonds is 4. The summed E-state index contributed by atoms with van der Waals surface area (Å²) in [4.78, 5) is 4.24. The van der Waals surface area contributed by atoms with Crippen molar-refractivity contribution in [1.29, 1.82) is 0 Å². The summed E-state index contributed by atoms with van der Waals surface area (Å²) >= 11 is 0. The molecule has 1 aromatic heterocycles. The van der Waals surface area contributed by atoms with Gasteiger partial charge >= 0.3 is 0 Å². The molecule has 1 unspecified atom stereocenters. The monoisotopic (exact) mass is 350 g/mol. The lowest BCUT2D eigenvalue weighted by Gasteiger charge is -2.27. The second-order valence-corrected chi connectivity index (χ2v) is 10.0. The number of aromatic nitrogens is 1. The third-order valence-electron chi connectivity index (χ3n) is 3.98. The molecule has 0 N–H and O–H groups in total. The first-order chi connectivity index (χ1) is 10.3. The van der Waals surface area contributed by atoms with Gasteiger partial charge < -0.3 is 9.15 Å². The molecule has 0 aliphatic carbocycles. The number of sulfone groups is 1. The van der Waals surface area contributed by atoms with Gasteiger partial charge in [-0.25, -0.2) is 21.8 Å². The van der Waals surface area contributed by atoms with Crippen molar-refractivity contribution in [2.24, 2.45) is 0 Å². The average Bonchev–Trinajstić information content (AvgIpc) is 3.01. The van der Waals surface area contributed by atoms with Crippen molar-refractivity contribution >= 4 is 19.9 Å². The summed E-state index contributed by atoms with van der Waals surface area (Å²) in [5.41, 5.74) is 0.586. The minimum atomic E-state index is -3.64. The Balaban J connectivity index is 1.79. The van der Waals surface area contributed by atoms with Crippen molar-refractivity contribution in [2.45, 2.75) is 31.2 Å². The molecule has 124 valence electrons. The third kappa shape index (κ3) is 2.92. The smallest absolute Gasteiger partial charge is 0.220 e. The van der Waals surface area contributed by atoms with E-state index >= 15 is 0 Å². The fourth-order valence-electron chi connectivity index (χ4n) is 2.84. The van der Waals surface area contributed by atoms with Gasteiger partial charge in [-0.3, -0.25) is 0 Å². The lowest BCUT2D eigenvalue weighted by atomic mass is 10.2. The van der Waals surface area contributed by atoms with Gasteiger partial charge in [-0.1, -0.05) is 0 Å². The number of sulfonamides is 1. The highest BCUT2D eigenvalue weighted by molar-refractivity contribution is 7.95. The topological polar surface area (TPSA) is 107 Å². The molecule has 0 amide bonds. The van der Waals surface area contributed by atoms with Crippen molar-refractivity contribution in [3.8, 4) is 0 Å². The summed E-state index contributed by atoms with van der Waals surface area (Å²) in [6.45, 7) is 0.648. The van der Waals surface area contributed by atoms with Crippen LogP contribution in [0.5, 0.6) is 0 Å². The maximum Gasteiger partial charge on any atom is 0.220 e. The second-order valence-electron chi connectivity index (χ2n) is 5.56. The fourth-order valence-corrected chi connectivity index (χ4v) is 7.32. The van der Waals surface area contributed by atoms with Crippen LogP contribution < -0.4 is 0 Å². The molecule has 2 aliphatic heterocycles. The molecule has 3 heterocycles. The number of oxazole rings is 1. The van der Waals surface area contributed by atoms with E-state index in [9.17, 15) is 16.8 Å². The van der Waals surface area contributed by atoms with Gasteiger partial charge in [0.1, 0.15) is 12.4 Å². The highest BCUT2D eigenvalue weighted by atomic mass is 32.2. The zero-order valence-corrected chi connectivity index (χ0v) is 13.8. The number of hydrogen-bond acceptors (Lipinski definition) is 7. The summed E-state index contributed by atoms with van der Waals surface area (Å²) in [5, 5.41) is -0.843. The Labute approximate surface area is 129 Å². The first-order valence-electron chi connectivity index (χ1n) is 6.97. The predicted molar refractivity (Wildman–Crippen MR) is 77.3 cm³/mol. The van der Waals surface area contributed by atoms with Crippen LogP contribution >= 0.6 is 0 Å². The van der Waals surface area contributed by atoms with E-state index in [2.05, 4.69) is 4.98 Å². The molecule has 1 aromatic rings. The highest BCUT2D eigenvalue weighted by Crippen LogP contribution is 2.27. The Morgan fingerprint density at radius 1 is 1.45 bits per heavy atom. The van der Waals surface area contributed by atoms with Crippen LogP contribution in [0, 0.1) is 0 Å². The summed E-state index contributed by atoms with van der Waals surface area (Å²) in [7, 11) is -5.35. The second kappa shape index (κ2) is 5.59. The van der Waals surface area contributed by atoms with E-state index in [1.54, 1.807) is 0 Å². The number of fused-ring (bicyclic) bond motifs is 1. The molecule has 0 saturated carbocycles. The maximum atomic E-state index is 12.6. The molecule has 1 fully saturated rings. The quantitative estimate of drug-likeness (QED) is 0.733. The van der Waals surface area contributed by atoms with Crippen molar-refractivity contribution < 1.29 is 26.0 Å². The molecule has 0 radical (unpaired) electrons. The molecular formula is C12H18N2O6S2. The van der Waals surface area contributed by atoms with Crippen LogP contribution in [-0.2, 0) is 44.2 Å². The zero-order chi connectivity index (χ0) is 16.0. The number of hydrogen-bond donors (Lipinski definition) is 0. The standard InChI is InChI=1S/C12H18N2O6S2/c1-19-7-12-13-10-6-14(4-2-11(10)20-12)22(17,18)9-3-5-21(15,16)8-9/h9H,2-8H2,1H3. The predicted octanol–water partition coefficient (Wildman–Crippen LogP) is -0.304. The van der Waals surface area contributed by atoms with E-state index in [-0.39, 0.29) is 37.6 Å².